The number of methoxy groups -OCH3 is 1. The van der Waals surface area contributed by atoms with E-state index in [1.165, 1.54) is 13.2 Å². The summed E-state index contributed by atoms with van der Waals surface area (Å²) in [5.41, 5.74) is 0.808. The molecule has 1 aliphatic heterocycles. The number of ether oxygens (including phenoxy) is 2. The number of alkyl halides is 1. The summed E-state index contributed by atoms with van der Waals surface area (Å²) in [5.74, 6) is 0.382. The summed E-state index contributed by atoms with van der Waals surface area (Å²) in [4.78, 5) is 0. The lowest BCUT2D eigenvalue weighted by Crippen LogP contribution is -2.21. The van der Waals surface area contributed by atoms with Crippen LogP contribution in [0.1, 0.15) is 23.8 Å². The normalized spacial score (nSPS) is 21.7. The first-order valence-electron chi connectivity index (χ1n) is 5.88. The van der Waals surface area contributed by atoms with Gasteiger partial charge in [0.15, 0.2) is 0 Å². The van der Waals surface area contributed by atoms with E-state index in [0.717, 1.165) is 25.0 Å². The lowest BCUT2D eigenvalue weighted by Gasteiger charge is -2.27. The summed E-state index contributed by atoms with van der Waals surface area (Å²) in [5, 5.41) is -0.225. The number of hydrogen-bond acceptors (Lipinski definition) is 2. The Labute approximate surface area is 120 Å². The third-order valence-electron chi connectivity index (χ3n) is 3.18. The highest BCUT2D eigenvalue weighted by molar-refractivity contribution is 9.10. The fraction of sp³-hybridized carbons (Fsp3) is 0.538. The topological polar surface area (TPSA) is 18.5 Å². The van der Waals surface area contributed by atoms with Gasteiger partial charge in [0.05, 0.1) is 23.6 Å². The maximum atomic E-state index is 13.5. The molecule has 2 nitrogen and oxygen atoms in total. The van der Waals surface area contributed by atoms with Crippen molar-refractivity contribution in [3.05, 3.63) is 28.0 Å². The summed E-state index contributed by atoms with van der Waals surface area (Å²) < 4.78 is 24.5. The monoisotopic (exact) mass is 336 g/mol. The van der Waals surface area contributed by atoms with Crippen LogP contribution in [0.25, 0.3) is 0 Å². The first-order chi connectivity index (χ1) is 8.63. The molecule has 2 unspecified atom stereocenters. The second-order valence-electron chi connectivity index (χ2n) is 4.39. The Morgan fingerprint density at radius 3 is 2.94 bits per heavy atom. The first kappa shape index (κ1) is 14.1. The Hall–Kier alpha value is -0.320. The van der Waals surface area contributed by atoms with Crippen LogP contribution in [0, 0.1) is 11.7 Å². The zero-order valence-corrected chi connectivity index (χ0v) is 12.4. The maximum absolute atomic E-state index is 13.5. The van der Waals surface area contributed by atoms with Crippen LogP contribution in [0.2, 0.25) is 0 Å². The molecule has 1 heterocycles. The predicted octanol–water partition coefficient (Wildman–Crippen LogP) is 4.30. The van der Waals surface area contributed by atoms with E-state index in [1.54, 1.807) is 6.07 Å². The Morgan fingerprint density at radius 2 is 2.33 bits per heavy atom. The molecule has 0 amide bonds. The van der Waals surface area contributed by atoms with Gasteiger partial charge in [0.1, 0.15) is 11.6 Å². The highest BCUT2D eigenvalue weighted by Crippen LogP contribution is 2.40. The molecule has 1 aromatic rings. The van der Waals surface area contributed by atoms with Crippen LogP contribution in [0.5, 0.6) is 5.75 Å². The van der Waals surface area contributed by atoms with Crippen LogP contribution in [0.4, 0.5) is 4.39 Å². The van der Waals surface area contributed by atoms with E-state index in [2.05, 4.69) is 15.9 Å². The molecular formula is C13H15BrClFO2. The zero-order chi connectivity index (χ0) is 13.1. The molecule has 1 saturated heterocycles. The molecule has 0 spiro atoms. The Balaban J connectivity index is 2.27. The minimum Gasteiger partial charge on any atom is -0.496 e. The Bertz CT molecular complexity index is 422. The summed E-state index contributed by atoms with van der Waals surface area (Å²) in [7, 11) is 1.52. The standard InChI is InChI=1S/C13H15BrClFO2/c1-17-12-6-11(16)10(14)5-9(12)13(15)8-3-2-4-18-7-8/h5-6,8,13H,2-4,7H2,1H3. The van der Waals surface area contributed by atoms with E-state index in [4.69, 9.17) is 21.1 Å². The largest absolute Gasteiger partial charge is 0.496 e. The summed E-state index contributed by atoms with van der Waals surface area (Å²) in [6, 6.07) is 3.05. The van der Waals surface area contributed by atoms with Crippen molar-refractivity contribution in [1.29, 1.82) is 0 Å². The second kappa shape index (κ2) is 6.22. The average molecular weight is 338 g/mol. The van der Waals surface area contributed by atoms with Crippen LogP contribution in [-0.4, -0.2) is 20.3 Å². The van der Waals surface area contributed by atoms with E-state index < -0.39 is 0 Å². The van der Waals surface area contributed by atoms with Gasteiger partial charge in [-0.25, -0.2) is 4.39 Å². The average Bonchev–Trinajstić information content (AvgIpc) is 2.41. The Morgan fingerprint density at radius 1 is 1.56 bits per heavy atom. The van der Waals surface area contributed by atoms with Crippen LogP contribution < -0.4 is 4.74 Å². The van der Waals surface area contributed by atoms with E-state index in [9.17, 15) is 4.39 Å². The van der Waals surface area contributed by atoms with Crippen molar-refractivity contribution >= 4 is 27.5 Å². The van der Waals surface area contributed by atoms with E-state index in [0.29, 0.717) is 16.8 Å². The molecule has 1 aliphatic rings. The number of halogens is 3. The molecule has 2 atom stereocenters. The zero-order valence-electron chi connectivity index (χ0n) is 10.1. The molecule has 0 bridgehead atoms. The van der Waals surface area contributed by atoms with E-state index in [-0.39, 0.29) is 17.1 Å². The van der Waals surface area contributed by atoms with Gasteiger partial charge < -0.3 is 9.47 Å². The molecule has 1 fully saturated rings. The summed E-state index contributed by atoms with van der Waals surface area (Å²) in [6.07, 6.45) is 2.03. The predicted molar refractivity (Wildman–Crippen MR) is 72.8 cm³/mol. The van der Waals surface area contributed by atoms with Crippen molar-refractivity contribution in [2.45, 2.75) is 18.2 Å². The van der Waals surface area contributed by atoms with Crippen molar-refractivity contribution in [2.75, 3.05) is 20.3 Å². The molecule has 18 heavy (non-hydrogen) atoms. The number of hydrogen-bond donors (Lipinski definition) is 0. The molecule has 1 aromatic carbocycles. The third-order valence-corrected chi connectivity index (χ3v) is 4.38. The number of rotatable bonds is 3. The highest BCUT2D eigenvalue weighted by atomic mass is 79.9. The van der Waals surface area contributed by atoms with Gasteiger partial charge in [-0.1, -0.05) is 0 Å². The SMILES string of the molecule is COc1cc(F)c(Br)cc1C(Cl)C1CCCOC1. The van der Waals surface area contributed by atoms with E-state index >= 15 is 0 Å². The van der Waals surface area contributed by atoms with E-state index in [1.807, 2.05) is 0 Å². The molecule has 0 saturated carbocycles. The lowest BCUT2D eigenvalue weighted by molar-refractivity contribution is 0.0529. The molecule has 5 heteroatoms. The summed E-state index contributed by atoms with van der Waals surface area (Å²) in [6.45, 7) is 1.44. The first-order valence-corrected chi connectivity index (χ1v) is 7.11. The van der Waals surface area contributed by atoms with Gasteiger partial charge in [-0.05, 0) is 34.8 Å². The van der Waals surface area contributed by atoms with Crippen LogP contribution in [-0.2, 0) is 4.74 Å². The number of benzene rings is 1. The lowest BCUT2D eigenvalue weighted by atomic mass is 9.93. The van der Waals surface area contributed by atoms with Crippen molar-refractivity contribution in [3.63, 3.8) is 0 Å². The minimum atomic E-state index is -0.348. The van der Waals surface area contributed by atoms with Crippen molar-refractivity contribution < 1.29 is 13.9 Å². The van der Waals surface area contributed by atoms with Crippen molar-refractivity contribution in [3.8, 4) is 5.75 Å². The minimum absolute atomic E-state index is 0.225. The molecule has 0 aliphatic carbocycles. The molecule has 0 aromatic heterocycles. The molecule has 0 radical (unpaired) electrons. The summed E-state index contributed by atoms with van der Waals surface area (Å²) >= 11 is 9.67. The molecule has 2 rings (SSSR count). The molecular weight excluding hydrogens is 322 g/mol. The highest BCUT2D eigenvalue weighted by Gasteiger charge is 2.27. The Kier molecular flexibility index (Phi) is 4.87. The van der Waals surface area contributed by atoms with Gasteiger partial charge in [-0.2, -0.15) is 0 Å². The molecule has 0 N–H and O–H groups in total. The fourth-order valence-corrected chi connectivity index (χ4v) is 2.92. The van der Waals surface area contributed by atoms with Gasteiger partial charge in [0.25, 0.3) is 0 Å². The smallest absolute Gasteiger partial charge is 0.141 e. The maximum Gasteiger partial charge on any atom is 0.141 e. The van der Waals surface area contributed by atoms with Gasteiger partial charge in [0, 0.05) is 24.2 Å². The van der Waals surface area contributed by atoms with Crippen molar-refractivity contribution in [2.24, 2.45) is 5.92 Å². The van der Waals surface area contributed by atoms with Crippen LogP contribution in [0.3, 0.4) is 0 Å². The van der Waals surface area contributed by atoms with Gasteiger partial charge in [0.2, 0.25) is 0 Å². The third kappa shape index (κ3) is 2.98. The van der Waals surface area contributed by atoms with Crippen LogP contribution >= 0.6 is 27.5 Å². The van der Waals surface area contributed by atoms with Crippen LogP contribution in [0.15, 0.2) is 16.6 Å². The molecule has 100 valence electrons. The van der Waals surface area contributed by atoms with Crippen molar-refractivity contribution in [1.82, 2.24) is 0 Å². The second-order valence-corrected chi connectivity index (χ2v) is 5.71. The quantitative estimate of drug-likeness (QED) is 0.766. The fourth-order valence-electron chi connectivity index (χ4n) is 2.19. The van der Waals surface area contributed by atoms with Gasteiger partial charge in [-0.15, -0.1) is 11.6 Å². The van der Waals surface area contributed by atoms with Gasteiger partial charge in [-0.3, -0.25) is 0 Å². The van der Waals surface area contributed by atoms with Gasteiger partial charge >= 0.3 is 0 Å².